The number of benzene rings is 1. The van der Waals surface area contributed by atoms with E-state index in [0.29, 0.717) is 11.5 Å². The summed E-state index contributed by atoms with van der Waals surface area (Å²) in [4.78, 5) is 12.0. The highest BCUT2D eigenvalue weighted by Crippen LogP contribution is 2.15. The third kappa shape index (κ3) is 3.13. The van der Waals surface area contributed by atoms with Crippen molar-refractivity contribution in [2.45, 2.75) is 26.3 Å². The van der Waals surface area contributed by atoms with Gasteiger partial charge in [0.25, 0.3) is 0 Å². The third-order valence-corrected chi connectivity index (χ3v) is 2.83. The van der Waals surface area contributed by atoms with Gasteiger partial charge in [-0.3, -0.25) is 4.79 Å². The topological polar surface area (TPSA) is 72.9 Å². The number of nitrogens with two attached hydrogens (primary N) is 1. The fraction of sp³-hybridized carbons (Fsp3) is 0.286. The molecule has 0 aliphatic rings. The number of nitrogens with zero attached hydrogens (tertiary/aromatic N) is 2. The molecule has 1 heterocycles. The molecule has 5 heteroatoms. The van der Waals surface area contributed by atoms with Crippen LogP contribution in [-0.4, -0.2) is 15.7 Å². The molecule has 0 saturated heterocycles. The highest BCUT2D eigenvalue weighted by Gasteiger charge is 2.10. The van der Waals surface area contributed by atoms with Crippen molar-refractivity contribution in [3.05, 3.63) is 42.1 Å². The zero-order chi connectivity index (χ0) is 13.8. The number of nitrogen functional groups attached to an aromatic ring is 1. The summed E-state index contributed by atoms with van der Waals surface area (Å²) in [6.07, 6.45) is 1.93. The zero-order valence-corrected chi connectivity index (χ0v) is 11.1. The minimum absolute atomic E-state index is 0.0969. The standard InChI is InChI=1S/C14H18N4O/c1-10(2)18-13(7-8-16-18)17-14(19)9-11-5-3-4-6-12(11)15/h3-8,10H,9,15H2,1-2H3,(H,17,19). The summed E-state index contributed by atoms with van der Waals surface area (Å²) in [6.45, 7) is 4.02. The average Bonchev–Trinajstić information content (AvgIpc) is 2.80. The van der Waals surface area contributed by atoms with Crippen LogP contribution in [0.25, 0.3) is 0 Å². The molecule has 0 aliphatic carbocycles. The van der Waals surface area contributed by atoms with Crippen LogP contribution in [0, 0.1) is 0 Å². The second-order valence-corrected chi connectivity index (χ2v) is 4.68. The number of amides is 1. The number of para-hydroxylation sites is 1. The third-order valence-electron chi connectivity index (χ3n) is 2.83. The van der Waals surface area contributed by atoms with E-state index < -0.39 is 0 Å². The van der Waals surface area contributed by atoms with E-state index in [1.807, 2.05) is 32.0 Å². The number of rotatable bonds is 4. The maximum atomic E-state index is 12.0. The van der Waals surface area contributed by atoms with E-state index in [-0.39, 0.29) is 18.4 Å². The van der Waals surface area contributed by atoms with Gasteiger partial charge in [-0.15, -0.1) is 0 Å². The largest absolute Gasteiger partial charge is 0.398 e. The second kappa shape index (κ2) is 5.56. The molecule has 0 aliphatic heterocycles. The van der Waals surface area contributed by atoms with Gasteiger partial charge in [0.15, 0.2) is 0 Å². The second-order valence-electron chi connectivity index (χ2n) is 4.68. The fourth-order valence-electron chi connectivity index (χ4n) is 1.88. The molecule has 2 rings (SSSR count). The first kappa shape index (κ1) is 13.1. The zero-order valence-electron chi connectivity index (χ0n) is 11.1. The summed E-state index contributed by atoms with van der Waals surface area (Å²) in [5.41, 5.74) is 7.29. The van der Waals surface area contributed by atoms with Gasteiger partial charge in [0.2, 0.25) is 5.91 Å². The van der Waals surface area contributed by atoms with E-state index in [9.17, 15) is 4.79 Å². The summed E-state index contributed by atoms with van der Waals surface area (Å²) >= 11 is 0. The highest BCUT2D eigenvalue weighted by atomic mass is 16.1. The van der Waals surface area contributed by atoms with E-state index in [1.54, 1.807) is 23.0 Å². The quantitative estimate of drug-likeness (QED) is 0.826. The molecular weight excluding hydrogens is 240 g/mol. The Bertz CT molecular complexity index is 574. The molecule has 5 nitrogen and oxygen atoms in total. The molecule has 1 aromatic heterocycles. The van der Waals surface area contributed by atoms with Gasteiger partial charge in [-0.25, -0.2) is 4.68 Å². The number of hydrogen-bond donors (Lipinski definition) is 2. The van der Waals surface area contributed by atoms with Crippen molar-refractivity contribution in [3.63, 3.8) is 0 Å². The van der Waals surface area contributed by atoms with Crippen molar-refractivity contribution in [2.24, 2.45) is 0 Å². The van der Waals surface area contributed by atoms with Crippen LogP contribution in [-0.2, 0) is 11.2 Å². The molecule has 0 fully saturated rings. The monoisotopic (exact) mass is 258 g/mol. The Balaban J connectivity index is 2.06. The average molecular weight is 258 g/mol. The summed E-state index contributed by atoms with van der Waals surface area (Å²) in [6, 6.07) is 9.36. The molecule has 0 radical (unpaired) electrons. The molecule has 0 atom stereocenters. The van der Waals surface area contributed by atoms with Crippen LogP contribution in [0.5, 0.6) is 0 Å². The molecule has 19 heavy (non-hydrogen) atoms. The van der Waals surface area contributed by atoms with E-state index in [2.05, 4.69) is 10.4 Å². The van der Waals surface area contributed by atoms with Gasteiger partial charge >= 0.3 is 0 Å². The van der Waals surface area contributed by atoms with E-state index in [4.69, 9.17) is 5.73 Å². The molecule has 0 unspecified atom stereocenters. The first-order valence-electron chi connectivity index (χ1n) is 6.24. The lowest BCUT2D eigenvalue weighted by molar-refractivity contribution is -0.115. The molecule has 0 spiro atoms. The fourth-order valence-corrected chi connectivity index (χ4v) is 1.88. The Hall–Kier alpha value is -2.30. The number of hydrogen-bond acceptors (Lipinski definition) is 3. The molecule has 2 aromatic rings. The number of carbonyl (C=O) groups is 1. The number of nitrogens with one attached hydrogen (secondary N) is 1. The Morgan fingerprint density at radius 1 is 1.37 bits per heavy atom. The van der Waals surface area contributed by atoms with Crippen molar-refractivity contribution < 1.29 is 4.79 Å². The van der Waals surface area contributed by atoms with Crippen molar-refractivity contribution >= 4 is 17.4 Å². The number of anilines is 2. The van der Waals surface area contributed by atoms with Crippen LogP contribution < -0.4 is 11.1 Å². The predicted molar refractivity (Wildman–Crippen MR) is 75.8 cm³/mol. The minimum atomic E-state index is -0.0969. The lowest BCUT2D eigenvalue weighted by Gasteiger charge is -2.12. The van der Waals surface area contributed by atoms with E-state index >= 15 is 0 Å². The van der Waals surface area contributed by atoms with Gasteiger partial charge in [-0.2, -0.15) is 5.10 Å². The summed E-state index contributed by atoms with van der Waals surface area (Å²) in [7, 11) is 0. The van der Waals surface area contributed by atoms with Crippen LogP contribution in [0.15, 0.2) is 36.5 Å². The lowest BCUT2D eigenvalue weighted by Crippen LogP contribution is -2.18. The van der Waals surface area contributed by atoms with Gasteiger partial charge in [0.1, 0.15) is 5.82 Å². The summed E-state index contributed by atoms with van der Waals surface area (Å²) in [5.74, 6) is 0.606. The molecular formula is C14H18N4O. The van der Waals surface area contributed by atoms with Crippen LogP contribution in [0.1, 0.15) is 25.5 Å². The van der Waals surface area contributed by atoms with Crippen LogP contribution >= 0.6 is 0 Å². The van der Waals surface area contributed by atoms with Crippen LogP contribution in [0.2, 0.25) is 0 Å². The Kier molecular flexibility index (Phi) is 3.85. The minimum Gasteiger partial charge on any atom is -0.398 e. The van der Waals surface area contributed by atoms with Crippen LogP contribution in [0.4, 0.5) is 11.5 Å². The van der Waals surface area contributed by atoms with E-state index in [1.165, 1.54) is 0 Å². The molecule has 1 aromatic carbocycles. The first-order chi connectivity index (χ1) is 9.08. The molecule has 0 saturated carbocycles. The Morgan fingerprint density at radius 2 is 2.11 bits per heavy atom. The molecule has 3 N–H and O–H groups in total. The number of aromatic nitrogens is 2. The first-order valence-corrected chi connectivity index (χ1v) is 6.24. The van der Waals surface area contributed by atoms with Crippen molar-refractivity contribution in [1.29, 1.82) is 0 Å². The van der Waals surface area contributed by atoms with Crippen molar-refractivity contribution in [2.75, 3.05) is 11.1 Å². The van der Waals surface area contributed by atoms with Gasteiger partial charge in [0.05, 0.1) is 12.6 Å². The van der Waals surface area contributed by atoms with Gasteiger partial charge in [-0.05, 0) is 25.5 Å². The molecule has 1 amide bonds. The Morgan fingerprint density at radius 3 is 2.79 bits per heavy atom. The maximum Gasteiger partial charge on any atom is 0.230 e. The lowest BCUT2D eigenvalue weighted by atomic mass is 10.1. The maximum absolute atomic E-state index is 12.0. The highest BCUT2D eigenvalue weighted by molar-refractivity contribution is 5.92. The van der Waals surface area contributed by atoms with Gasteiger partial charge in [0, 0.05) is 17.8 Å². The molecule has 100 valence electrons. The normalized spacial score (nSPS) is 10.7. The van der Waals surface area contributed by atoms with Gasteiger partial charge < -0.3 is 11.1 Å². The van der Waals surface area contributed by atoms with Crippen molar-refractivity contribution in [3.8, 4) is 0 Å². The van der Waals surface area contributed by atoms with Crippen molar-refractivity contribution in [1.82, 2.24) is 9.78 Å². The van der Waals surface area contributed by atoms with Gasteiger partial charge in [-0.1, -0.05) is 18.2 Å². The SMILES string of the molecule is CC(C)n1nccc1NC(=O)Cc1ccccc1N. The Labute approximate surface area is 112 Å². The van der Waals surface area contributed by atoms with E-state index in [0.717, 1.165) is 5.56 Å². The predicted octanol–water partition coefficient (Wildman–Crippen LogP) is 2.23. The number of carbonyl (C=O) groups excluding carboxylic acids is 1. The van der Waals surface area contributed by atoms with Crippen LogP contribution in [0.3, 0.4) is 0 Å². The molecule has 0 bridgehead atoms. The summed E-state index contributed by atoms with van der Waals surface area (Å²) < 4.78 is 1.77. The smallest absolute Gasteiger partial charge is 0.230 e. The summed E-state index contributed by atoms with van der Waals surface area (Å²) in [5, 5.41) is 7.02.